The van der Waals surface area contributed by atoms with E-state index < -0.39 is 35.5 Å². The van der Waals surface area contributed by atoms with E-state index in [1.165, 1.54) is 67.6 Å². The number of pyridine rings is 2. The van der Waals surface area contributed by atoms with Crippen LogP contribution in [0.3, 0.4) is 0 Å². The van der Waals surface area contributed by atoms with Gasteiger partial charge >= 0.3 is 23.7 Å². The number of likely N-dealkylation sites (tertiary alicyclic amines) is 1. The van der Waals surface area contributed by atoms with Crippen LogP contribution in [0.1, 0.15) is 81.1 Å². The number of hydrogen-bond donors (Lipinski definition) is 6. The fourth-order valence-electron chi connectivity index (χ4n) is 5.32. The van der Waals surface area contributed by atoms with Crippen LogP contribution in [0, 0.1) is 0 Å². The predicted molar refractivity (Wildman–Crippen MR) is 192 cm³/mol. The van der Waals surface area contributed by atoms with Gasteiger partial charge in [-0.3, -0.25) is 33.9 Å². The zero-order valence-electron chi connectivity index (χ0n) is 27.4. The highest BCUT2D eigenvalue weighted by Gasteiger charge is 2.32. The molecular formula is C34H38N8O7S2. The van der Waals surface area contributed by atoms with Crippen molar-refractivity contribution in [1.82, 2.24) is 20.2 Å². The van der Waals surface area contributed by atoms with Crippen LogP contribution in [0.5, 0.6) is 0 Å². The number of carboxylic acid groups (broad SMARTS) is 1. The number of amides is 5. The van der Waals surface area contributed by atoms with E-state index in [1.807, 2.05) is 34.2 Å². The first-order chi connectivity index (χ1) is 24.5. The van der Waals surface area contributed by atoms with Gasteiger partial charge in [-0.2, -0.15) is 0 Å². The number of thiophene rings is 2. The second kappa shape index (κ2) is 19.0. The molecular weight excluding hydrogens is 697 g/mol. The lowest BCUT2D eigenvalue weighted by Gasteiger charge is -2.34. The molecule has 0 radical (unpaired) electrons. The fraction of sp³-hybridized carbons (Fsp3) is 0.294. The number of nitrogens with two attached hydrogens (primary N) is 2. The predicted octanol–water partition coefficient (Wildman–Crippen LogP) is 3.70. The Balaban J connectivity index is 0.000000190. The third kappa shape index (κ3) is 11.5. The van der Waals surface area contributed by atoms with Gasteiger partial charge in [-0.15, -0.1) is 22.7 Å². The molecule has 0 spiro atoms. The van der Waals surface area contributed by atoms with Gasteiger partial charge in [0.1, 0.15) is 0 Å². The SMILES string of the molecule is NC(=O)c1cncc(NC(=O)C(=O)N2CCCCC2c2cccs2)c1.NC(=O)c1cncc(NC(=O)C(=O)O)c1.c1csc(C2CCCCN2)c1. The highest BCUT2D eigenvalue weighted by molar-refractivity contribution is 7.10. The van der Waals surface area contributed by atoms with Crippen molar-refractivity contribution in [3.8, 4) is 0 Å². The quantitative estimate of drug-likeness (QED) is 0.157. The largest absolute Gasteiger partial charge is 0.474 e. The van der Waals surface area contributed by atoms with Crippen molar-refractivity contribution in [2.24, 2.45) is 11.5 Å². The van der Waals surface area contributed by atoms with Crippen LogP contribution in [0.2, 0.25) is 0 Å². The van der Waals surface area contributed by atoms with Crippen LogP contribution in [-0.2, 0) is 19.2 Å². The molecule has 0 aromatic carbocycles. The number of primary amides is 2. The summed E-state index contributed by atoms with van der Waals surface area (Å²) < 4.78 is 0. The third-order valence-electron chi connectivity index (χ3n) is 7.78. The van der Waals surface area contributed by atoms with E-state index in [-0.39, 0.29) is 28.5 Å². The Bertz CT molecular complexity index is 1810. The normalized spacial score (nSPS) is 16.6. The molecule has 0 saturated carbocycles. The van der Waals surface area contributed by atoms with E-state index in [9.17, 15) is 28.8 Å². The first kappa shape index (κ1) is 38.3. The molecule has 268 valence electrons. The molecule has 51 heavy (non-hydrogen) atoms. The summed E-state index contributed by atoms with van der Waals surface area (Å²) in [5.74, 6) is -5.52. The summed E-state index contributed by atoms with van der Waals surface area (Å²) in [5, 5.41) is 20.5. The van der Waals surface area contributed by atoms with E-state index in [2.05, 4.69) is 38.1 Å². The Kier molecular flexibility index (Phi) is 14.3. The van der Waals surface area contributed by atoms with E-state index in [4.69, 9.17) is 16.6 Å². The Morgan fingerprint density at radius 1 is 0.765 bits per heavy atom. The summed E-state index contributed by atoms with van der Waals surface area (Å²) in [6, 6.07) is 11.5. The lowest BCUT2D eigenvalue weighted by atomic mass is 10.0. The molecule has 0 bridgehead atoms. The van der Waals surface area contributed by atoms with Crippen molar-refractivity contribution in [1.29, 1.82) is 0 Å². The first-order valence-corrected chi connectivity index (χ1v) is 17.8. The number of aromatic nitrogens is 2. The van der Waals surface area contributed by atoms with Crippen molar-refractivity contribution in [3.63, 3.8) is 0 Å². The lowest BCUT2D eigenvalue weighted by molar-refractivity contribution is -0.147. The second-order valence-electron chi connectivity index (χ2n) is 11.4. The van der Waals surface area contributed by atoms with Crippen molar-refractivity contribution in [2.75, 3.05) is 23.7 Å². The number of anilines is 2. The Morgan fingerprint density at radius 3 is 1.84 bits per heavy atom. The van der Waals surface area contributed by atoms with Gasteiger partial charge in [0.15, 0.2) is 0 Å². The number of nitrogens with one attached hydrogen (secondary N) is 3. The van der Waals surface area contributed by atoms with Crippen LogP contribution in [0.25, 0.3) is 0 Å². The van der Waals surface area contributed by atoms with E-state index in [1.54, 1.807) is 16.2 Å². The summed E-state index contributed by atoms with van der Waals surface area (Å²) >= 11 is 3.45. The van der Waals surface area contributed by atoms with Crippen LogP contribution in [0.4, 0.5) is 11.4 Å². The Morgan fingerprint density at radius 2 is 1.33 bits per heavy atom. The number of carbonyl (C=O) groups is 6. The van der Waals surface area contributed by atoms with Gasteiger partial charge in [0, 0.05) is 34.7 Å². The van der Waals surface area contributed by atoms with Gasteiger partial charge in [0.05, 0.1) is 40.9 Å². The zero-order valence-corrected chi connectivity index (χ0v) is 29.1. The molecule has 2 unspecified atom stereocenters. The summed E-state index contributed by atoms with van der Waals surface area (Å²) in [6.07, 6.45) is 11.9. The Labute approximate surface area is 301 Å². The van der Waals surface area contributed by atoms with Crippen LogP contribution in [0.15, 0.2) is 71.9 Å². The highest BCUT2D eigenvalue weighted by atomic mass is 32.1. The molecule has 0 aliphatic carbocycles. The molecule has 8 N–H and O–H groups in total. The van der Waals surface area contributed by atoms with Crippen molar-refractivity contribution >= 4 is 69.6 Å². The van der Waals surface area contributed by atoms with Gasteiger partial charge in [0.25, 0.3) is 0 Å². The smallest absolute Gasteiger partial charge is 0.394 e. The van der Waals surface area contributed by atoms with E-state index in [0.717, 1.165) is 24.1 Å². The maximum absolute atomic E-state index is 12.6. The first-order valence-electron chi connectivity index (χ1n) is 16.0. The van der Waals surface area contributed by atoms with Gasteiger partial charge < -0.3 is 37.4 Å². The second-order valence-corrected chi connectivity index (χ2v) is 13.4. The summed E-state index contributed by atoms with van der Waals surface area (Å²) in [4.78, 5) is 79.5. The summed E-state index contributed by atoms with van der Waals surface area (Å²) in [5.41, 5.74) is 10.8. The maximum Gasteiger partial charge on any atom is 0.394 e. The number of carboxylic acids is 1. The number of nitrogens with zero attached hydrogens (tertiary/aromatic N) is 3. The molecule has 2 atom stereocenters. The Hall–Kier alpha value is -5.52. The molecule has 6 rings (SSSR count). The molecule has 4 aromatic rings. The minimum Gasteiger partial charge on any atom is -0.474 e. The molecule has 15 nitrogen and oxygen atoms in total. The topological polar surface area (TPSA) is 240 Å². The molecule has 2 fully saturated rings. The number of piperidine rings is 2. The lowest BCUT2D eigenvalue weighted by Crippen LogP contribution is -2.44. The fourth-order valence-corrected chi connectivity index (χ4v) is 7.03. The molecule has 5 amide bonds. The molecule has 2 saturated heterocycles. The summed E-state index contributed by atoms with van der Waals surface area (Å²) in [7, 11) is 0. The van der Waals surface area contributed by atoms with Crippen molar-refractivity contribution in [2.45, 2.75) is 50.6 Å². The molecule has 2 aliphatic rings. The number of hydrogen-bond acceptors (Lipinski definition) is 11. The van der Waals surface area contributed by atoms with Crippen molar-refractivity contribution in [3.05, 3.63) is 92.8 Å². The third-order valence-corrected chi connectivity index (χ3v) is 9.74. The maximum atomic E-state index is 12.6. The van der Waals surface area contributed by atoms with E-state index >= 15 is 0 Å². The summed E-state index contributed by atoms with van der Waals surface area (Å²) in [6.45, 7) is 1.75. The molecule has 4 aromatic heterocycles. The molecule has 17 heteroatoms. The van der Waals surface area contributed by atoms with Crippen LogP contribution in [-0.4, -0.2) is 68.6 Å². The molecule has 6 heterocycles. The van der Waals surface area contributed by atoms with Crippen molar-refractivity contribution < 1.29 is 33.9 Å². The highest BCUT2D eigenvalue weighted by Crippen LogP contribution is 2.33. The minimum absolute atomic E-state index is 0.0675. The van der Waals surface area contributed by atoms with Gasteiger partial charge in [0.2, 0.25) is 11.8 Å². The van der Waals surface area contributed by atoms with Crippen LogP contribution >= 0.6 is 22.7 Å². The van der Waals surface area contributed by atoms with E-state index in [0.29, 0.717) is 12.6 Å². The average molecular weight is 735 g/mol. The standard InChI is InChI=1S/C17H18N4O3S.C9H13NS.C8H7N3O4/c18-15(22)11-8-12(10-19-9-11)20-16(23)17(24)21-6-2-1-4-13(21)14-5-3-7-25-14;1-2-6-10-8(4-1)9-5-3-7-11-9;9-6(12)4-1-5(3-10-2-4)11-7(13)8(14)15/h3,5,7-10,13H,1-2,4,6H2,(H2,18,22)(H,20,23);3,5,7-8,10H,1-2,4,6H2;1-3H,(H2,9,12)(H,11,13)(H,14,15). The molecule has 2 aliphatic heterocycles. The van der Waals surface area contributed by atoms with Gasteiger partial charge in [-0.25, -0.2) is 4.79 Å². The minimum atomic E-state index is -1.63. The number of rotatable bonds is 6. The van der Waals surface area contributed by atoms with Crippen LogP contribution < -0.4 is 27.4 Å². The monoisotopic (exact) mass is 734 g/mol. The number of carbonyl (C=O) groups excluding carboxylic acids is 5. The van der Waals surface area contributed by atoms with Gasteiger partial charge in [-0.1, -0.05) is 18.6 Å². The number of aliphatic carboxylic acids is 1. The van der Waals surface area contributed by atoms with Gasteiger partial charge in [-0.05, 0) is 73.7 Å². The zero-order chi connectivity index (χ0) is 36.8. The average Bonchev–Trinajstić information content (AvgIpc) is 3.89.